The Bertz CT molecular complexity index is 1200. The van der Waals surface area contributed by atoms with Crippen LogP contribution in [0, 0.1) is 23.4 Å². The van der Waals surface area contributed by atoms with Crippen molar-refractivity contribution >= 4 is 0 Å². The monoisotopic (exact) mass is 508 g/mol. The molecule has 3 aromatic carbocycles. The minimum Gasteiger partial charge on any atom is -0.490 e. The lowest BCUT2D eigenvalue weighted by molar-refractivity contribution is 0.0963. The average molecular weight is 509 g/mol. The normalized spacial score (nSPS) is 18.4. The van der Waals surface area contributed by atoms with E-state index in [-0.39, 0.29) is 23.7 Å². The minimum atomic E-state index is -0.752. The number of rotatable bonds is 10. The molecule has 0 spiro atoms. The minimum absolute atomic E-state index is 0.00343. The zero-order valence-electron chi connectivity index (χ0n) is 21.4. The molecule has 1 unspecified atom stereocenters. The van der Waals surface area contributed by atoms with E-state index in [0.29, 0.717) is 37.0 Å². The van der Waals surface area contributed by atoms with Crippen LogP contribution in [0.3, 0.4) is 0 Å². The molecule has 2 nitrogen and oxygen atoms in total. The quantitative estimate of drug-likeness (QED) is 0.221. The summed E-state index contributed by atoms with van der Waals surface area (Å²) in [5.41, 5.74) is 3.43. The molecular formula is C32H35F3O2. The molecule has 0 saturated heterocycles. The van der Waals surface area contributed by atoms with Gasteiger partial charge < -0.3 is 9.84 Å². The first-order chi connectivity index (χ1) is 17.9. The first-order valence-electron chi connectivity index (χ1n) is 13.1. The molecule has 1 N–H and O–H groups in total. The van der Waals surface area contributed by atoms with Crippen molar-refractivity contribution in [2.24, 2.45) is 5.92 Å². The number of ether oxygens (including phenoxy) is 1. The van der Waals surface area contributed by atoms with E-state index in [4.69, 9.17) is 4.74 Å². The van der Waals surface area contributed by atoms with Crippen molar-refractivity contribution in [1.82, 2.24) is 0 Å². The van der Waals surface area contributed by atoms with E-state index in [2.05, 4.69) is 6.58 Å². The molecule has 1 fully saturated rings. The van der Waals surface area contributed by atoms with Gasteiger partial charge in [-0.2, -0.15) is 0 Å². The smallest absolute Gasteiger partial charge is 0.165 e. The molecule has 0 amide bonds. The fraction of sp³-hybridized carbons (Fsp3) is 0.375. The standard InChI is InChI=1S/C32H35F3O2/c1-3-4-19-37-30-18-16-27(20-29(30)33)24-8-5-22(6-9-24)7-10-26-15-17-28(32(35)31(26)34)25-13-11-23(12-14-25)21(2)36/h3,5-6,8-9,15-18,20-21,23,25,36H,1,4,7,10-14,19H2,2H3. The summed E-state index contributed by atoms with van der Waals surface area (Å²) in [4.78, 5) is 0. The van der Waals surface area contributed by atoms with Crippen LogP contribution in [0.15, 0.2) is 67.3 Å². The fourth-order valence-corrected chi connectivity index (χ4v) is 5.22. The highest BCUT2D eigenvalue weighted by atomic mass is 19.2. The number of benzene rings is 3. The van der Waals surface area contributed by atoms with E-state index >= 15 is 0 Å². The Labute approximate surface area is 217 Å². The fourth-order valence-electron chi connectivity index (χ4n) is 5.22. The van der Waals surface area contributed by atoms with E-state index in [1.54, 1.807) is 31.2 Å². The molecule has 1 saturated carbocycles. The third-order valence-corrected chi connectivity index (χ3v) is 7.57. The number of halogens is 3. The highest BCUT2D eigenvalue weighted by Crippen LogP contribution is 2.39. The highest BCUT2D eigenvalue weighted by molar-refractivity contribution is 5.64. The molecule has 3 aromatic rings. The Kier molecular flexibility index (Phi) is 9.09. The van der Waals surface area contributed by atoms with Gasteiger partial charge in [0.2, 0.25) is 0 Å². The lowest BCUT2D eigenvalue weighted by atomic mass is 9.76. The van der Waals surface area contributed by atoms with E-state index in [0.717, 1.165) is 42.4 Å². The lowest BCUT2D eigenvalue weighted by Gasteiger charge is -2.30. The molecule has 0 heterocycles. The van der Waals surface area contributed by atoms with Gasteiger partial charge in [0.25, 0.3) is 0 Å². The van der Waals surface area contributed by atoms with Crippen LogP contribution in [-0.2, 0) is 12.8 Å². The van der Waals surface area contributed by atoms with Crippen LogP contribution in [-0.4, -0.2) is 17.8 Å². The summed E-state index contributed by atoms with van der Waals surface area (Å²) in [5.74, 6) is -1.43. The first-order valence-corrected chi connectivity index (χ1v) is 13.1. The van der Waals surface area contributed by atoms with Crippen LogP contribution in [0.25, 0.3) is 11.1 Å². The van der Waals surface area contributed by atoms with Gasteiger partial charge in [-0.1, -0.05) is 48.5 Å². The predicted octanol–water partition coefficient (Wildman–Crippen LogP) is 8.17. The summed E-state index contributed by atoms with van der Waals surface area (Å²) in [6.45, 7) is 5.81. The summed E-state index contributed by atoms with van der Waals surface area (Å²) < 4.78 is 49.7. The molecule has 1 aliphatic rings. The maximum atomic E-state index is 14.9. The third kappa shape index (κ3) is 6.64. The van der Waals surface area contributed by atoms with E-state index < -0.39 is 17.5 Å². The molecule has 0 radical (unpaired) electrons. The number of aliphatic hydroxyl groups excluding tert-OH is 1. The Balaban J connectivity index is 1.36. The van der Waals surface area contributed by atoms with Crippen molar-refractivity contribution in [2.45, 2.75) is 63.9 Å². The van der Waals surface area contributed by atoms with Crippen LogP contribution < -0.4 is 4.74 Å². The first kappa shape index (κ1) is 27.0. The second kappa shape index (κ2) is 12.5. The molecule has 1 atom stereocenters. The van der Waals surface area contributed by atoms with Gasteiger partial charge in [0, 0.05) is 0 Å². The second-order valence-corrected chi connectivity index (χ2v) is 10.1. The Morgan fingerprint density at radius 3 is 2.27 bits per heavy atom. The summed E-state index contributed by atoms with van der Waals surface area (Å²) in [5, 5.41) is 9.79. The maximum absolute atomic E-state index is 14.9. The van der Waals surface area contributed by atoms with E-state index in [1.807, 2.05) is 30.3 Å². The summed E-state index contributed by atoms with van der Waals surface area (Å²) in [6, 6.07) is 16.0. The van der Waals surface area contributed by atoms with E-state index in [9.17, 15) is 18.3 Å². The molecule has 4 rings (SSSR count). The number of hydrogen-bond acceptors (Lipinski definition) is 2. The van der Waals surface area contributed by atoms with E-state index in [1.165, 1.54) is 6.07 Å². The third-order valence-electron chi connectivity index (χ3n) is 7.57. The topological polar surface area (TPSA) is 29.5 Å². The van der Waals surface area contributed by atoms with Gasteiger partial charge in [-0.3, -0.25) is 0 Å². The number of hydrogen-bond donors (Lipinski definition) is 1. The van der Waals surface area contributed by atoms with Gasteiger partial charge in [0.15, 0.2) is 23.2 Å². The van der Waals surface area contributed by atoms with Crippen LogP contribution >= 0.6 is 0 Å². The Hall–Kier alpha value is -3.05. The maximum Gasteiger partial charge on any atom is 0.165 e. The molecular weight excluding hydrogens is 473 g/mol. The molecule has 5 heteroatoms. The van der Waals surface area contributed by atoms with Crippen molar-refractivity contribution < 1.29 is 23.0 Å². The van der Waals surface area contributed by atoms with Crippen LogP contribution in [0.5, 0.6) is 5.75 Å². The lowest BCUT2D eigenvalue weighted by Crippen LogP contribution is -2.23. The van der Waals surface area contributed by atoms with Crippen molar-refractivity contribution in [3.8, 4) is 16.9 Å². The van der Waals surface area contributed by atoms with Gasteiger partial charge in [-0.25, -0.2) is 13.2 Å². The average Bonchev–Trinajstić information content (AvgIpc) is 2.91. The zero-order chi connectivity index (χ0) is 26.4. The molecule has 0 aliphatic heterocycles. The van der Waals surface area contributed by atoms with Crippen molar-refractivity contribution in [1.29, 1.82) is 0 Å². The van der Waals surface area contributed by atoms with Crippen LogP contribution in [0.1, 0.15) is 61.6 Å². The second-order valence-electron chi connectivity index (χ2n) is 10.1. The SMILES string of the molecule is C=CCCOc1ccc(-c2ccc(CCc3ccc(C4CCC(C(C)O)CC4)c(F)c3F)cc2)cc1F. The van der Waals surface area contributed by atoms with Gasteiger partial charge in [-0.05, 0) is 104 Å². The Morgan fingerprint density at radius 1 is 0.919 bits per heavy atom. The molecule has 1 aliphatic carbocycles. The molecule has 37 heavy (non-hydrogen) atoms. The van der Waals surface area contributed by atoms with Crippen molar-refractivity contribution in [2.75, 3.05) is 6.61 Å². The number of aliphatic hydroxyl groups is 1. The van der Waals surface area contributed by atoms with Gasteiger partial charge in [-0.15, -0.1) is 6.58 Å². The predicted molar refractivity (Wildman–Crippen MR) is 142 cm³/mol. The van der Waals surface area contributed by atoms with Gasteiger partial charge in [0.05, 0.1) is 12.7 Å². The van der Waals surface area contributed by atoms with Gasteiger partial charge >= 0.3 is 0 Å². The molecule has 196 valence electrons. The molecule has 0 aromatic heterocycles. The van der Waals surface area contributed by atoms with Crippen molar-refractivity contribution in [3.63, 3.8) is 0 Å². The largest absolute Gasteiger partial charge is 0.490 e. The van der Waals surface area contributed by atoms with Gasteiger partial charge in [0.1, 0.15) is 0 Å². The summed E-state index contributed by atoms with van der Waals surface area (Å²) in [6.07, 6.45) is 6.19. The highest BCUT2D eigenvalue weighted by Gasteiger charge is 2.28. The number of aryl methyl sites for hydroxylation is 2. The zero-order valence-corrected chi connectivity index (χ0v) is 21.4. The summed E-state index contributed by atoms with van der Waals surface area (Å²) in [7, 11) is 0. The van der Waals surface area contributed by atoms with Crippen LogP contribution in [0.2, 0.25) is 0 Å². The van der Waals surface area contributed by atoms with Crippen LogP contribution in [0.4, 0.5) is 13.2 Å². The molecule has 0 bridgehead atoms. The Morgan fingerprint density at radius 2 is 1.62 bits per heavy atom. The summed E-state index contributed by atoms with van der Waals surface area (Å²) >= 11 is 0. The van der Waals surface area contributed by atoms with Crippen molar-refractivity contribution in [3.05, 3.63) is 101 Å².